The minimum Gasteiger partial charge on any atom is -0.494 e. The average Bonchev–Trinajstić information content (AvgIpc) is 2.78. The van der Waals surface area contributed by atoms with Crippen LogP contribution in [0.5, 0.6) is 5.75 Å². The average molecular weight is 433 g/mol. The van der Waals surface area contributed by atoms with Gasteiger partial charge in [-0.1, -0.05) is 30.3 Å². The van der Waals surface area contributed by atoms with Crippen molar-refractivity contribution in [2.24, 2.45) is 0 Å². The molecule has 0 saturated carbocycles. The summed E-state index contributed by atoms with van der Waals surface area (Å²) in [6.07, 6.45) is 0.951. The first-order chi connectivity index (χ1) is 14.5. The lowest BCUT2D eigenvalue weighted by molar-refractivity contribution is -0.121. The van der Waals surface area contributed by atoms with Crippen LogP contribution in [0.2, 0.25) is 0 Å². The quantitative estimate of drug-likeness (QED) is 0.658. The van der Waals surface area contributed by atoms with Crippen molar-refractivity contribution in [1.29, 1.82) is 0 Å². The highest BCUT2D eigenvalue weighted by Crippen LogP contribution is 2.20. The molecule has 1 amide bonds. The van der Waals surface area contributed by atoms with Crippen LogP contribution in [0.15, 0.2) is 53.4 Å². The van der Waals surface area contributed by atoms with Gasteiger partial charge in [0.1, 0.15) is 5.75 Å². The molecule has 1 aliphatic heterocycles. The van der Waals surface area contributed by atoms with Crippen LogP contribution in [-0.4, -0.2) is 51.5 Å². The van der Waals surface area contributed by atoms with Gasteiger partial charge in [0.05, 0.1) is 24.7 Å². The molecule has 3 rings (SSSR count). The molecule has 30 heavy (non-hydrogen) atoms. The number of carbonyl (C=O) groups is 1. The molecule has 1 fully saturated rings. The largest absolute Gasteiger partial charge is 0.494 e. The second-order valence-corrected chi connectivity index (χ2v) is 8.92. The normalized spacial score (nSPS) is 15.0. The molecule has 2 aromatic rings. The summed E-state index contributed by atoms with van der Waals surface area (Å²) in [4.78, 5) is 12.5. The molecule has 0 aromatic heterocycles. The first-order valence-corrected chi connectivity index (χ1v) is 11.6. The van der Waals surface area contributed by atoms with E-state index in [1.54, 1.807) is 24.3 Å². The number of para-hydroxylation sites is 1. The summed E-state index contributed by atoms with van der Waals surface area (Å²) in [6, 6.07) is 14.4. The first kappa shape index (κ1) is 22.3. The van der Waals surface area contributed by atoms with Crippen LogP contribution in [0.3, 0.4) is 0 Å². The molecule has 2 aromatic carbocycles. The van der Waals surface area contributed by atoms with Crippen molar-refractivity contribution < 1.29 is 22.7 Å². The molecule has 0 aliphatic carbocycles. The van der Waals surface area contributed by atoms with E-state index < -0.39 is 10.0 Å². The van der Waals surface area contributed by atoms with Gasteiger partial charge in [0.25, 0.3) is 0 Å². The Bertz CT molecular complexity index is 938. The molecule has 1 N–H and O–H groups in total. The van der Waals surface area contributed by atoms with E-state index in [0.29, 0.717) is 52.3 Å². The van der Waals surface area contributed by atoms with E-state index in [-0.39, 0.29) is 10.8 Å². The maximum absolute atomic E-state index is 12.6. The molecule has 162 valence electrons. The van der Waals surface area contributed by atoms with Crippen molar-refractivity contribution in [3.8, 4) is 5.75 Å². The number of morpholine rings is 1. The molecule has 0 radical (unpaired) electrons. The Hall–Kier alpha value is -2.42. The number of hydrogen-bond acceptors (Lipinski definition) is 5. The van der Waals surface area contributed by atoms with Crippen molar-refractivity contribution in [1.82, 2.24) is 9.62 Å². The highest BCUT2D eigenvalue weighted by atomic mass is 32.2. The zero-order valence-corrected chi connectivity index (χ0v) is 18.0. The molecular formula is C22H28N2O5S. The van der Waals surface area contributed by atoms with Crippen molar-refractivity contribution in [2.45, 2.75) is 31.2 Å². The molecule has 7 nitrogen and oxygen atoms in total. The summed E-state index contributed by atoms with van der Waals surface area (Å²) in [5.41, 5.74) is 1.85. The molecule has 1 saturated heterocycles. The van der Waals surface area contributed by atoms with E-state index in [1.807, 2.05) is 31.2 Å². The van der Waals surface area contributed by atoms with E-state index in [2.05, 4.69) is 5.32 Å². The van der Waals surface area contributed by atoms with Gasteiger partial charge in [-0.2, -0.15) is 4.31 Å². The molecule has 8 heteroatoms. The molecule has 0 bridgehead atoms. The number of carbonyl (C=O) groups excluding carboxylic acids is 1. The van der Waals surface area contributed by atoms with Crippen molar-refractivity contribution in [3.63, 3.8) is 0 Å². The Kier molecular flexibility index (Phi) is 7.84. The number of benzene rings is 2. The minimum atomic E-state index is -3.50. The van der Waals surface area contributed by atoms with E-state index in [0.717, 1.165) is 16.9 Å². The van der Waals surface area contributed by atoms with Gasteiger partial charge in [0, 0.05) is 26.1 Å². The Balaban J connectivity index is 1.51. The fraction of sp³-hybridized carbons (Fsp3) is 0.409. The number of nitrogens with zero attached hydrogens (tertiary/aromatic N) is 1. The van der Waals surface area contributed by atoms with E-state index in [1.165, 1.54) is 4.31 Å². The fourth-order valence-corrected chi connectivity index (χ4v) is 4.67. The number of ether oxygens (including phenoxy) is 2. The summed E-state index contributed by atoms with van der Waals surface area (Å²) in [7, 11) is -3.50. The van der Waals surface area contributed by atoms with Gasteiger partial charge in [-0.05, 0) is 42.7 Å². The molecular weight excluding hydrogens is 404 g/mol. The van der Waals surface area contributed by atoms with Gasteiger partial charge in [0.2, 0.25) is 15.9 Å². The molecule has 0 atom stereocenters. The summed E-state index contributed by atoms with van der Waals surface area (Å²) in [6.45, 7) is 4.43. The SMILES string of the molecule is CCOc1ccccc1CCC(=O)NCc1ccc(S(=O)(=O)N2CCOCC2)cc1. The molecule has 0 spiro atoms. The third-order valence-electron chi connectivity index (χ3n) is 4.91. The van der Waals surface area contributed by atoms with Crippen LogP contribution in [0.1, 0.15) is 24.5 Å². The predicted octanol–water partition coefficient (Wildman–Crippen LogP) is 2.36. The molecule has 0 unspecified atom stereocenters. The lowest BCUT2D eigenvalue weighted by atomic mass is 10.1. The summed E-state index contributed by atoms with van der Waals surface area (Å²) < 4.78 is 37.5. The van der Waals surface area contributed by atoms with Gasteiger partial charge in [-0.25, -0.2) is 8.42 Å². The number of hydrogen-bond donors (Lipinski definition) is 1. The Labute approximate surface area is 178 Å². The summed E-state index contributed by atoms with van der Waals surface area (Å²) >= 11 is 0. The zero-order valence-electron chi connectivity index (χ0n) is 17.2. The van der Waals surface area contributed by atoms with Crippen LogP contribution >= 0.6 is 0 Å². The van der Waals surface area contributed by atoms with Crippen LogP contribution in [0.25, 0.3) is 0 Å². The highest BCUT2D eigenvalue weighted by Gasteiger charge is 2.26. The van der Waals surface area contributed by atoms with Gasteiger partial charge in [-0.15, -0.1) is 0 Å². The molecule has 1 aliphatic rings. The van der Waals surface area contributed by atoms with Crippen LogP contribution < -0.4 is 10.1 Å². The maximum atomic E-state index is 12.6. The summed E-state index contributed by atoms with van der Waals surface area (Å²) in [5.74, 6) is 0.746. The maximum Gasteiger partial charge on any atom is 0.243 e. The fourth-order valence-electron chi connectivity index (χ4n) is 3.26. The van der Waals surface area contributed by atoms with Gasteiger partial charge in [-0.3, -0.25) is 4.79 Å². The minimum absolute atomic E-state index is 0.0636. The molecule has 1 heterocycles. The van der Waals surface area contributed by atoms with Crippen LogP contribution in [0, 0.1) is 0 Å². The lowest BCUT2D eigenvalue weighted by Crippen LogP contribution is -2.40. The second-order valence-electron chi connectivity index (χ2n) is 6.98. The van der Waals surface area contributed by atoms with Crippen molar-refractivity contribution in [3.05, 3.63) is 59.7 Å². The van der Waals surface area contributed by atoms with Crippen molar-refractivity contribution in [2.75, 3.05) is 32.9 Å². The smallest absolute Gasteiger partial charge is 0.243 e. The van der Waals surface area contributed by atoms with E-state index in [4.69, 9.17) is 9.47 Å². The van der Waals surface area contributed by atoms with Crippen molar-refractivity contribution >= 4 is 15.9 Å². The zero-order chi connectivity index (χ0) is 21.4. The Morgan fingerprint density at radius 2 is 1.80 bits per heavy atom. The van der Waals surface area contributed by atoms with Crippen LogP contribution in [-0.2, 0) is 32.5 Å². The summed E-state index contributed by atoms with van der Waals surface area (Å²) in [5, 5.41) is 2.89. The predicted molar refractivity (Wildman–Crippen MR) is 114 cm³/mol. The van der Waals surface area contributed by atoms with Gasteiger partial charge < -0.3 is 14.8 Å². The number of aryl methyl sites for hydroxylation is 1. The second kappa shape index (κ2) is 10.6. The first-order valence-electron chi connectivity index (χ1n) is 10.1. The third kappa shape index (κ3) is 5.81. The Morgan fingerprint density at radius 3 is 2.50 bits per heavy atom. The van der Waals surface area contributed by atoms with Gasteiger partial charge >= 0.3 is 0 Å². The highest BCUT2D eigenvalue weighted by molar-refractivity contribution is 7.89. The Morgan fingerprint density at radius 1 is 1.10 bits per heavy atom. The monoisotopic (exact) mass is 432 g/mol. The number of rotatable bonds is 9. The van der Waals surface area contributed by atoms with Gasteiger partial charge in [0.15, 0.2) is 0 Å². The lowest BCUT2D eigenvalue weighted by Gasteiger charge is -2.26. The number of amides is 1. The van der Waals surface area contributed by atoms with Crippen LogP contribution in [0.4, 0.5) is 0 Å². The van der Waals surface area contributed by atoms with E-state index in [9.17, 15) is 13.2 Å². The number of sulfonamides is 1. The van der Waals surface area contributed by atoms with E-state index >= 15 is 0 Å². The topological polar surface area (TPSA) is 84.9 Å². The third-order valence-corrected chi connectivity index (χ3v) is 6.83. The standard InChI is InChI=1S/C22H28N2O5S/c1-2-29-21-6-4-3-5-19(21)9-12-22(25)23-17-18-7-10-20(11-8-18)30(26,27)24-13-15-28-16-14-24/h3-8,10-11H,2,9,12-17H2,1H3,(H,23,25). The number of nitrogens with one attached hydrogen (secondary N) is 1.